The van der Waals surface area contributed by atoms with Gasteiger partial charge in [-0.1, -0.05) is 13.8 Å². The third-order valence-corrected chi connectivity index (χ3v) is 6.31. The van der Waals surface area contributed by atoms with Gasteiger partial charge in [0.25, 0.3) is 0 Å². The van der Waals surface area contributed by atoms with Gasteiger partial charge >= 0.3 is 0 Å². The summed E-state index contributed by atoms with van der Waals surface area (Å²) in [6, 6.07) is 8.38. The maximum absolute atomic E-state index is 5.82. The molecule has 6 N–H and O–H groups in total. The van der Waals surface area contributed by atoms with Crippen LogP contribution in [0.2, 0.25) is 0 Å². The smallest absolute Gasteiger partial charge is 0.170 e. The van der Waals surface area contributed by atoms with E-state index < -0.39 is 0 Å². The fourth-order valence-corrected chi connectivity index (χ4v) is 3.80. The van der Waals surface area contributed by atoms with Crippen molar-refractivity contribution in [1.82, 2.24) is 15.2 Å². The number of hydrogen-bond acceptors (Lipinski definition) is 6. The van der Waals surface area contributed by atoms with Gasteiger partial charge in [0, 0.05) is 62.3 Å². The van der Waals surface area contributed by atoms with Crippen molar-refractivity contribution in [2.45, 2.75) is 20.8 Å². The summed E-state index contributed by atoms with van der Waals surface area (Å²) >= 11 is 5.45. The van der Waals surface area contributed by atoms with E-state index in [1.807, 2.05) is 13.0 Å². The van der Waals surface area contributed by atoms with Gasteiger partial charge < -0.3 is 31.9 Å². The lowest BCUT2D eigenvalue weighted by Crippen LogP contribution is -2.46. The predicted molar refractivity (Wildman–Crippen MR) is 131 cm³/mol. The summed E-state index contributed by atoms with van der Waals surface area (Å²) in [5.74, 6) is 1.07. The van der Waals surface area contributed by atoms with Gasteiger partial charge in [-0.3, -0.25) is 0 Å². The van der Waals surface area contributed by atoms with Crippen LogP contribution in [0.3, 0.4) is 0 Å². The Bertz CT molecular complexity index is 873. The SMILES string of the molecule is CCN1CCN(c2cc(C)c3cc(NC(=S)NCC(C)(CN)CN)ccc3n2)CC1. The van der Waals surface area contributed by atoms with Crippen LogP contribution in [-0.4, -0.2) is 67.4 Å². The number of hydrogen-bond donors (Lipinski definition) is 4. The number of likely N-dealkylation sites (N-methyl/N-ethyl adjacent to an activating group) is 1. The largest absolute Gasteiger partial charge is 0.362 e. The standard InChI is InChI=1S/C22H35N7S/c1-4-28-7-9-29(10-8-28)20-11-16(2)18-12-17(5-6-19(18)27-20)26-21(30)25-15-22(3,13-23)14-24/h5-6,11-12H,4,7-10,13-15,23-24H2,1-3H3,(H2,25,26,30). The Labute approximate surface area is 185 Å². The Hall–Kier alpha value is -2.00. The molecule has 1 aromatic heterocycles. The Kier molecular flexibility index (Phi) is 7.46. The first kappa shape index (κ1) is 22.7. The normalized spacial score (nSPS) is 15.4. The van der Waals surface area contributed by atoms with Gasteiger partial charge in [-0.2, -0.15) is 0 Å². The molecule has 0 saturated carbocycles. The van der Waals surface area contributed by atoms with E-state index in [0.717, 1.165) is 55.1 Å². The minimum atomic E-state index is -0.172. The number of pyridine rings is 1. The second kappa shape index (κ2) is 9.87. The lowest BCUT2D eigenvalue weighted by molar-refractivity contribution is 0.270. The van der Waals surface area contributed by atoms with E-state index in [4.69, 9.17) is 28.7 Å². The minimum Gasteiger partial charge on any atom is -0.362 e. The van der Waals surface area contributed by atoms with E-state index in [0.29, 0.717) is 24.7 Å². The second-order valence-corrected chi connectivity index (χ2v) is 8.89. The van der Waals surface area contributed by atoms with Crippen LogP contribution in [0.1, 0.15) is 19.4 Å². The number of nitrogens with zero attached hydrogens (tertiary/aromatic N) is 3. The van der Waals surface area contributed by atoms with Crippen LogP contribution in [0.4, 0.5) is 11.5 Å². The van der Waals surface area contributed by atoms with Gasteiger partial charge in [-0.05, 0) is 55.5 Å². The summed E-state index contributed by atoms with van der Waals surface area (Å²) < 4.78 is 0. The summed E-state index contributed by atoms with van der Waals surface area (Å²) in [4.78, 5) is 9.78. The Morgan fingerprint density at radius 3 is 2.50 bits per heavy atom. The Morgan fingerprint density at radius 1 is 1.17 bits per heavy atom. The summed E-state index contributed by atoms with van der Waals surface area (Å²) in [5.41, 5.74) is 14.6. The molecular formula is C22H35N7S. The van der Waals surface area contributed by atoms with Crippen molar-refractivity contribution in [3.05, 3.63) is 29.8 Å². The van der Waals surface area contributed by atoms with Crippen molar-refractivity contribution in [2.24, 2.45) is 16.9 Å². The molecule has 7 nitrogen and oxygen atoms in total. The highest BCUT2D eigenvalue weighted by atomic mass is 32.1. The fourth-order valence-electron chi connectivity index (χ4n) is 3.61. The average Bonchev–Trinajstić information content (AvgIpc) is 2.78. The maximum Gasteiger partial charge on any atom is 0.170 e. The van der Waals surface area contributed by atoms with Gasteiger partial charge in [0.15, 0.2) is 5.11 Å². The van der Waals surface area contributed by atoms with Gasteiger partial charge in [-0.25, -0.2) is 4.98 Å². The Morgan fingerprint density at radius 2 is 1.87 bits per heavy atom. The zero-order valence-corrected chi connectivity index (χ0v) is 19.2. The van der Waals surface area contributed by atoms with Gasteiger partial charge in [0.1, 0.15) is 5.82 Å². The number of aryl methyl sites for hydroxylation is 1. The first-order chi connectivity index (χ1) is 14.4. The molecule has 1 aliphatic heterocycles. The third kappa shape index (κ3) is 5.37. The number of fused-ring (bicyclic) bond motifs is 1. The van der Waals surface area contributed by atoms with Crippen LogP contribution < -0.4 is 27.0 Å². The average molecular weight is 430 g/mol. The van der Waals surface area contributed by atoms with Crippen molar-refractivity contribution in [2.75, 3.05) is 62.6 Å². The van der Waals surface area contributed by atoms with Crippen molar-refractivity contribution < 1.29 is 0 Å². The van der Waals surface area contributed by atoms with Crippen LogP contribution in [-0.2, 0) is 0 Å². The highest BCUT2D eigenvalue weighted by molar-refractivity contribution is 7.80. The molecule has 0 unspecified atom stereocenters. The molecule has 8 heteroatoms. The summed E-state index contributed by atoms with van der Waals surface area (Å²) in [5, 5.41) is 8.20. The van der Waals surface area contributed by atoms with Crippen molar-refractivity contribution in [3.63, 3.8) is 0 Å². The maximum atomic E-state index is 5.82. The van der Waals surface area contributed by atoms with E-state index >= 15 is 0 Å². The number of rotatable bonds is 7. The summed E-state index contributed by atoms with van der Waals surface area (Å²) in [6.45, 7) is 13.4. The number of nitrogens with two attached hydrogens (primary N) is 2. The highest BCUT2D eigenvalue weighted by Gasteiger charge is 2.21. The van der Waals surface area contributed by atoms with Crippen molar-refractivity contribution in [3.8, 4) is 0 Å². The van der Waals surface area contributed by atoms with E-state index in [9.17, 15) is 0 Å². The summed E-state index contributed by atoms with van der Waals surface area (Å²) in [7, 11) is 0. The first-order valence-corrected chi connectivity index (χ1v) is 11.1. The number of aromatic nitrogens is 1. The third-order valence-electron chi connectivity index (χ3n) is 6.06. The highest BCUT2D eigenvalue weighted by Crippen LogP contribution is 2.26. The molecule has 0 radical (unpaired) electrons. The van der Waals surface area contributed by atoms with Crippen LogP contribution in [0.5, 0.6) is 0 Å². The zero-order chi connectivity index (χ0) is 21.7. The monoisotopic (exact) mass is 429 g/mol. The second-order valence-electron chi connectivity index (χ2n) is 8.48. The lowest BCUT2D eigenvalue weighted by Gasteiger charge is -2.35. The van der Waals surface area contributed by atoms with Gasteiger partial charge in [0.05, 0.1) is 5.52 Å². The molecule has 3 rings (SSSR count). The van der Waals surface area contributed by atoms with Crippen molar-refractivity contribution >= 4 is 39.7 Å². The first-order valence-electron chi connectivity index (χ1n) is 10.7. The van der Waals surface area contributed by atoms with E-state index in [2.05, 4.69) is 52.5 Å². The van der Waals surface area contributed by atoms with E-state index in [-0.39, 0.29) is 5.41 Å². The molecule has 2 aromatic rings. The van der Waals surface area contributed by atoms with Crippen LogP contribution in [0.25, 0.3) is 10.9 Å². The lowest BCUT2D eigenvalue weighted by atomic mass is 9.91. The number of piperazine rings is 1. The Balaban J connectivity index is 1.69. The molecule has 1 saturated heterocycles. The molecule has 0 amide bonds. The van der Waals surface area contributed by atoms with Gasteiger partial charge in [-0.15, -0.1) is 0 Å². The molecule has 0 spiro atoms. The van der Waals surface area contributed by atoms with Gasteiger partial charge in [0.2, 0.25) is 0 Å². The fraction of sp³-hybridized carbons (Fsp3) is 0.545. The molecule has 1 aliphatic rings. The quantitative estimate of drug-likeness (QED) is 0.496. The number of benzene rings is 1. The number of anilines is 2. The van der Waals surface area contributed by atoms with Crippen molar-refractivity contribution in [1.29, 1.82) is 0 Å². The molecule has 1 aromatic carbocycles. The molecule has 2 heterocycles. The van der Waals surface area contributed by atoms with E-state index in [1.165, 1.54) is 5.56 Å². The molecule has 1 fully saturated rings. The minimum absolute atomic E-state index is 0.172. The molecular weight excluding hydrogens is 394 g/mol. The molecule has 0 bridgehead atoms. The zero-order valence-electron chi connectivity index (χ0n) is 18.4. The molecule has 0 aliphatic carbocycles. The molecule has 30 heavy (non-hydrogen) atoms. The molecule has 164 valence electrons. The predicted octanol–water partition coefficient (Wildman–Crippen LogP) is 1.90. The molecule has 0 atom stereocenters. The number of thiocarbonyl (C=S) groups is 1. The van der Waals surface area contributed by atoms with Crippen LogP contribution >= 0.6 is 12.2 Å². The summed E-state index contributed by atoms with van der Waals surface area (Å²) in [6.07, 6.45) is 0. The van der Waals surface area contributed by atoms with Crippen LogP contribution in [0, 0.1) is 12.3 Å². The van der Waals surface area contributed by atoms with E-state index in [1.54, 1.807) is 0 Å². The van der Waals surface area contributed by atoms with Crippen LogP contribution in [0.15, 0.2) is 24.3 Å². The topological polar surface area (TPSA) is 95.5 Å². The number of nitrogens with one attached hydrogen (secondary N) is 2.